The van der Waals surface area contributed by atoms with Crippen molar-refractivity contribution in [1.82, 2.24) is 25.1 Å². The fourth-order valence-electron chi connectivity index (χ4n) is 6.26. The predicted octanol–water partition coefficient (Wildman–Crippen LogP) is 8.48. The molecule has 8 rings (SSSR count). The van der Waals surface area contributed by atoms with Crippen LogP contribution in [0, 0.1) is 20.8 Å². The van der Waals surface area contributed by atoms with Crippen molar-refractivity contribution in [3.63, 3.8) is 0 Å². The molecule has 0 bridgehead atoms. The van der Waals surface area contributed by atoms with Gasteiger partial charge in [0.15, 0.2) is 11.6 Å². The van der Waals surface area contributed by atoms with Crippen LogP contribution >= 0.6 is 0 Å². The summed E-state index contributed by atoms with van der Waals surface area (Å²) in [5, 5.41) is 28.1. The highest BCUT2D eigenvalue weighted by molar-refractivity contribution is 6.28. The Labute approximate surface area is 276 Å². The van der Waals surface area contributed by atoms with E-state index in [-0.39, 0.29) is 17.7 Å². The van der Waals surface area contributed by atoms with Crippen molar-refractivity contribution in [2.45, 2.75) is 20.8 Å². The van der Waals surface area contributed by atoms with Gasteiger partial charge in [0.05, 0.1) is 11.3 Å². The molecule has 7 aromatic rings. The van der Waals surface area contributed by atoms with Gasteiger partial charge in [0.25, 0.3) is 0 Å². The molecule has 0 radical (unpaired) electrons. The van der Waals surface area contributed by atoms with Crippen LogP contribution < -0.4 is 10.6 Å². The average Bonchev–Trinajstić information content (AvgIpc) is 3.09. The fraction of sp³-hybridized carbons (Fsp3) is 0.0769. The lowest BCUT2D eigenvalue weighted by molar-refractivity contribution is 0.104. The van der Waals surface area contributed by atoms with Crippen LogP contribution in [0.5, 0.6) is 6.01 Å². The van der Waals surface area contributed by atoms with Gasteiger partial charge in [-0.3, -0.25) is 4.79 Å². The SMILES string of the molecule is Cc1ccc(C)c(Nc2nc(O)nc(-c3ccc(Nc4cccc5c4C(=O)c4cccc6c(-c7ccccc7)nnc-5c46)c(C)c3)n2)c1. The summed E-state index contributed by atoms with van der Waals surface area (Å²) in [6, 6.07) is 32.8. The highest BCUT2D eigenvalue weighted by Crippen LogP contribution is 2.43. The van der Waals surface area contributed by atoms with Gasteiger partial charge >= 0.3 is 6.01 Å². The number of carbonyl (C=O) groups excluding carboxylic acids is 1. The number of aryl methyl sites for hydroxylation is 3. The number of hydrogen-bond acceptors (Lipinski definition) is 9. The smallest absolute Gasteiger partial charge is 0.319 e. The Morgan fingerprint density at radius 3 is 2.23 bits per heavy atom. The quantitative estimate of drug-likeness (QED) is 0.166. The maximum absolute atomic E-state index is 14.2. The topological polar surface area (TPSA) is 126 Å². The van der Waals surface area contributed by atoms with E-state index in [9.17, 15) is 9.90 Å². The van der Waals surface area contributed by atoms with Gasteiger partial charge in [-0.1, -0.05) is 72.8 Å². The lowest BCUT2D eigenvalue weighted by Gasteiger charge is -2.23. The summed E-state index contributed by atoms with van der Waals surface area (Å²) >= 11 is 0. The van der Waals surface area contributed by atoms with Gasteiger partial charge in [-0.2, -0.15) is 15.0 Å². The summed E-state index contributed by atoms with van der Waals surface area (Å²) in [6.07, 6.45) is 0. The van der Waals surface area contributed by atoms with E-state index in [1.807, 2.05) is 124 Å². The molecule has 9 heteroatoms. The number of ketones is 1. The Morgan fingerprint density at radius 1 is 0.604 bits per heavy atom. The van der Waals surface area contributed by atoms with E-state index >= 15 is 0 Å². The zero-order valence-electron chi connectivity index (χ0n) is 26.4. The zero-order valence-corrected chi connectivity index (χ0v) is 26.4. The van der Waals surface area contributed by atoms with E-state index in [0.29, 0.717) is 33.9 Å². The molecule has 0 amide bonds. The van der Waals surface area contributed by atoms with Crippen LogP contribution in [0.15, 0.2) is 103 Å². The van der Waals surface area contributed by atoms with Crippen molar-refractivity contribution >= 4 is 39.6 Å². The second kappa shape index (κ2) is 11.4. The van der Waals surface area contributed by atoms with Gasteiger partial charge < -0.3 is 15.7 Å². The average molecular weight is 628 g/mol. The molecule has 1 aliphatic carbocycles. The predicted molar refractivity (Wildman–Crippen MR) is 188 cm³/mol. The van der Waals surface area contributed by atoms with Crippen molar-refractivity contribution < 1.29 is 9.90 Å². The molecule has 0 aliphatic heterocycles. The van der Waals surface area contributed by atoms with E-state index < -0.39 is 0 Å². The van der Waals surface area contributed by atoms with E-state index in [1.165, 1.54) is 0 Å². The maximum atomic E-state index is 14.2. The van der Waals surface area contributed by atoms with E-state index in [4.69, 9.17) is 0 Å². The molecule has 48 heavy (non-hydrogen) atoms. The first-order chi connectivity index (χ1) is 23.3. The number of aromatic hydroxyl groups is 1. The van der Waals surface area contributed by atoms with Gasteiger partial charge in [0.1, 0.15) is 11.4 Å². The minimum absolute atomic E-state index is 0.0722. The lowest BCUT2D eigenvalue weighted by Crippen LogP contribution is -2.14. The van der Waals surface area contributed by atoms with Gasteiger partial charge in [-0.15, -0.1) is 10.2 Å². The number of benzene rings is 5. The summed E-state index contributed by atoms with van der Waals surface area (Å²) in [5.41, 5.74) is 10.3. The summed E-state index contributed by atoms with van der Waals surface area (Å²) in [7, 11) is 0. The number of carbonyl (C=O) groups is 1. The molecule has 1 aliphatic rings. The van der Waals surface area contributed by atoms with Crippen LogP contribution in [0.4, 0.5) is 23.0 Å². The molecule has 0 fully saturated rings. The summed E-state index contributed by atoms with van der Waals surface area (Å²) < 4.78 is 0. The molecule has 0 unspecified atom stereocenters. The highest BCUT2D eigenvalue weighted by atomic mass is 16.3. The van der Waals surface area contributed by atoms with Crippen molar-refractivity contribution in [2.24, 2.45) is 0 Å². The van der Waals surface area contributed by atoms with E-state index in [1.54, 1.807) is 0 Å². The molecule has 2 aromatic heterocycles. The molecular formula is C39H29N7O2. The third-order valence-electron chi connectivity index (χ3n) is 8.66. The standard InChI is InChI=1S/C39H29N7O2/c1-21-15-16-22(2)31(19-21)41-38-42-37(43-39(48)44-38)25-17-18-29(23(3)20-25)40-30-14-8-12-27-33(30)36(47)28-13-7-11-26-32(28)35(27)46-45-34(26)24-9-5-4-6-10-24/h4-20,40H,1-3H3,(H2,41,42,43,44,48). The van der Waals surface area contributed by atoms with Crippen LogP contribution in [0.3, 0.4) is 0 Å². The monoisotopic (exact) mass is 627 g/mol. The summed E-state index contributed by atoms with van der Waals surface area (Å²) in [6.45, 7) is 5.96. The van der Waals surface area contributed by atoms with Crippen LogP contribution in [0.25, 0.3) is 44.7 Å². The summed E-state index contributed by atoms with van der Waals surface area (Å²) in [4.78, 5) is 27.0. The van der Waals surface area contributed by atoms with Crippen molar-refractivity contribution in [3.05, 3.63) is 131 Å². The van der Waals surface area contributed by atoms with Crippen LogP contribution in [0.2, 0.25) is 0 Å². The number of anilines is 4. The van der Waals surface area contributed by atoms with Crippen LogP contribution in [0.1, 0.15) is 32.6 Å². The Kier molecular flexibility index (Phi) is 6.87. The van der Waals surface area contributed by atoms with E-state index in [0.717, 1.165) is 55.7 Å². The molecule has 0 atom stereocenters. The lowest BCUT2D eigenvalue weighted by atomic mass is 9.84. The normalized spacial score (nSPS) is 11.8. The number of nitrogens with zero attached hydrogens (tertiary/aromatic N) is 5. The minimum atomic E-state index is -0.378. The van der Waals surface area contributed by atoms with E-state index in [2.05, 4.69) is 35.8 Å². The molecule has 0 saturated heterocycles. The zero-order chi connectivity index (χ0) is 32.9. The molecule has 5 aromatic carbocycles. The van der Waals surface area contributed by atoms with Gasteiger partial charge in [0, 0.05) is 44.4 Å². The Morgan fingerprint density at radius 2 is 1.40 bits per heavy atom. The third kappa shape index (κ3) is 4.98. The highest BCUT2D eigenvalue weighted by Gasteiger charge is 2.30. The first-order valence-electron chi connectivity index (χ1n) is 15.5. The first-order valence-corrected chi connectivity index (χ1v) is 15.5. The molecule has 0 spiro atoms. The number of rotatable bonds is 6. The largest absolute Gasteiger partial charge is 0.479 e. The van der Waals surface area contributed by atoms with Crippen molar-refractivity contribution in [1.29, 1.82) is 0 Å². The van der Waals surface area contributed by atoms with Crippen molar-refractivity contribution in [3.8, 4) is 39.9 Å². The van der Waals surface area contributed by atoms with Crippen molar-refractivity contribution in [2.75, 3.05) is 10.6 Å². The maximum Gasteiger partial charge on any atom is 0.319 e. The van der Waals surface area contributed by atoms with Gasteiger partial charge in [-0.25, -0.2) is 0 Å². The second-order valence-electron chi connectivity index (χ2n) is 11.9. The first kappa shape index (κ1) is 29.0. The molecular weight excluding hydrogens is 598 g/mol. The third-order valence-corrected chi connectivity index (χ3v) is 8.66. The molecule has 0 saturated carbocycles. The number of hydrogen-bond donors (Lipinski definition) is 3. The molecule has 232 valence electrons. The van der Waals surface area contributed by atoms with Crippen LogP contribution in [-0.4, -0.2) is 36.0 Å². The number of aromatic nitrogens is 5. The van der Waals surface area contributed by atoms with Gasteiger partial charge in [-0.05, 0) is 67.8 Å². The molecule has 3 N–H and O–H groups in total. The number of fused-ring (bicyclic) bond motifs is 2. The molecule has 2 heterocycles. The summed E-state index contributed by atoms with van der Waals surface area (Å²) in [5.74, 6) is 0.502. The number of nitrogens with one attached hydrogen (secondary N) is 2. The Bertz CT molecular complexity index is 2430. The Hall–Kier alpha value is -6.48. The fourth-order valence-corrected chi connectivity index (χ4v) is 6.26. The van der Waals surface area contributed by atoms with Crippen LogP contribution in [-0.2, 0) is 0 Å². The second-order valence-corrected chi connectivity index (χ2v) is 11.9. The minimum Gasteiger partial charge on any atom is -0.479 e. The Balaban J connectivity index is 1.14. The van der Waals surface area contributed by atoms with Gasteiger partial charge in [0.2, 0.25) is 5.95 Å². The molecule has 9 nitrogen and oxygen atoms in total.